The predicted octanol–water partition coefficient (Wildman–Crippen LogP) is 3.30. The number of benzene rings is 1. The van der Waals surface area contributed by atoms with Crippen LogP contribution >= 0.6 is 0 Å². The van der Waals surface area contributed by atoms with Crippen molar-refractivity contribution in [1.82, 2.24) is 9.97 Å². The summed E-state index contributed by atoms with van der Waals surface area (Å²) in [7, 11) is 0. The van der Waals surface area contributed by atoms with Gasteiger partial charge in [-0.2, -0.15) is 0 Å². The van der Waals surface area contributed by atoms with Crippen LogP contribution < -0.4 is 0 Å². The average Bonchev–Trinajstić information content (AvgIpc) is 2.39. The summed E-state index contributed by atoms with van der Waals surface area (Å²) in [6, 6.07) is 12.4. The van der Waals surface area contributed by atoms with E-state index in [1.54, 1.807) is 0 Å². The molecule has 76 valence electrons. The SMILES string of the molecule is c1cc(-c2ccc3cnccc3c2)ccn1. The molecular formula is C14H10N2. The Bertz CT molecular complexity index is 618. The molecule has 2 nitrogen and oxygen atoms in total. The van der Waals surface area contributed by atoms with Gasteiger partial charge >= 0.3 is 0 Å². The first-order chi connectivity index (χ1) is 7.93. The molecule has 0 spiro atoms. The Hall–Kier alpha value is -2.22. The van der Waals surface area contributed by atoms with Crippen molar-refractivity contribution in [2.24, 2.45) is 0 Å². The predicted molar refractivity (Wildman–Crippen MR) is 65.0 cm³/mol. The van der Waals surface area contributed by atoms with Crippen LogP contribution in [-0.2, 0) is 0 Å². The molecule has 2 heteroatoms. The van der Waals surface area contributed by atoms with Gasteiger partial charge in [0.25, 0.3) is 0 Å². The Morgan fingerprint density at radius 3 is 2.31 bits per heavy atom. The topological polar surface area (TPSA) is 25.8 Å². The number of nitrogens with zero attached hydrogens (tertiary/aromatic N) is 2. The molecule has 16 heavy (non-hydrogen) atoms. The fourth-order valence-electron chi connectivity index (χ4n) is 1.81. The maximum Gasteiger partial charge on any atom is 0.0346 e. The highest BCUT2D eigenvalue weighted by atomic mass is 14.6. The van der Waals surface area contributed by atoms with E-state index in [9.17, 15) is 0 Å². The Balaban J connectivity index is 2.19. The van der Waals surface area contributed by atoms with Crippen molar-refractivity contribution in [2.45, 2.75) is 0 Å². The molecule has 0 aliphatic carbocycles. The molecule has 0 N–H and O–H groups in total. The third kappa shape index (κ3) is 1.54. The lowest BCUT2D eigenvalue weighted by molar-refractivity contribution is 1.33. The van der Waals surface area contributed by atoms with Gasteiger partial charge in [-0.1, -0.05) is 12.1 Å². The highest BCUT2D eigenvalue weighted by Gasteiger charge is 1.98. The van der Waals surface area contributed by atoms with Gasteiger partial charge in [0.05, 0.1) is 0 Å². The molecule has 2 heterocycles. The summed E-state index contributed by atoms with van der Waals surface area (Å²) in [4.78, 5) is 8.13. The van der Waals surface area contributed by atoms with Gasteiger partial charge in [0.1, 0.15) is 0 Å². The monoisotopic (exact) mass is 206 g/mol. The van der Waals surface area contributed by atoms with Gasteiger partial charge < -0.3 is 0 Å². The number of hydrogen-bond acceptors (Lipinski definition) is 2. The zero-order valence-electron chi connectivity index (χ0n) is 8.67. The van der Waals surface area contributed by atoms with E-state index in [1.807, 2.05) is 43.0 Å². The van der Waals surface area contributed by atoms with Crippen molar-refractivity contribution >= 4 is 10.8 Å². The fourth-order valence-corrected chi connectivity index (χ4v) is 1.81. The van der Waals surface area contributed by atoms with Crippen molar-refractivity contribution < 1.29 is 0 Å². The molecule has 0 fully saturated rings. The summed E-state index contributed by atoms with van der Waals surface area (Å²) in [6.45, 7) is 0. The van der Waals surface area contributed by atoms with Gasteiger partial charge in [-0.25, -0.2) is 0 Å². The van der Waals surface area contributed by atoms with E-state index >= 15 is 0 Å². The molecule has 0 bridgehead atoms. The van der Waals surface area contributed by atoms with Gasteiger partial charge in [0.2, 0.25) is 0 Å². The summed E-state index contributed by atoms with van der Waals surface area (Å²) in [6.07, 6.45) is 7.32. The van der Waals surface area contributed by atoms with Crippen molar-refractivity contribution in [2.75, 3.05) is 0 Å². The van der Waals surface area contributed by atoms with Gasteiger partial charge in [-0.3, -0.25) is 9.97 Å². The third-order valence-corrected chi connectivity index (χ3v) is 2.65. The largest absolute Gasteiger partial charge is 0.265 e. The Labute approximate surface area is 93.6 Å². The molecule has 0 amide bonds. The number of rotatable bonds is 1. The summed E-state index contributed by atoms with van der Waals surface area (Å²) in [5.41, 5.74) is 2.40. The molecule has 0 atom stereocenters. The molecule has 0 aliphatic heterocycles. The molecule has 0 radical (unpaired) electrons. The van der Waals surface area contributed by atoms with Crippen molar-refractivity contribution in [3.63, 3.8) is 0 Å². The van der Waals surface area contributed by atoms with E-state index in [1.165, 1.54) is 21.9 Å². The first-order valence-corrected chi connectivity index (χ1v) is 5.18. The summed E-state index contributed by atoms with van der Waals surface area (Å²) >= 11 is 0. The number of pyridine rings is 2. The second kappa shape index (κ2) is 3.74. The smallest absolute Gasteiger partial charge is 0.0346 e. The summed E-state index contributed by atoms with van der Waals surface area (Å²) in [5.74, 6) is 0. The normalized spacial score (nSPS) is 10.5. The van der Waals surface area contributed by atoms with Gasteiger partial charge in [0.15, 0.2) is 0 Å². The van der Waals surface area contributed by atoms with Crippen LogP contribution in [0.4, 0.5) is 0 Å². The molecule has 0 saturated carbocycles. The maximum atomic E-state index is 4.11. The van der Waals surface area contributed by atoms with Crippen LogP contribution in [0.2, 0.25) is 0 Å². The van der Waals surface area contributed by atoms with E-state index in [-0.39, 0.29) is 0 Å². The zero-order valence-corrected chi connectivity index (χ0v) is 8.67. The van der Waals surface area contributed by atoms with Gasteiger partial charge in [-0.05, 0) is 40.8 Å². The molecular weight excluding hydrogens is 196 g/mol. The molecule has 1 aromatic carbocycles. The molecule has 0 aliphatic rings. The van der Waals surface area contributed by atoms with E-state index in [4.69, 9.17) is 0 Å². The Kier molecular flexibility index (Phi) is 2.11. The lowest BCUT2D eigenvalue weighted by Gasteiger charge is -2.02. The highest BCUT2D eigenvalue weighted by Crippen LogP contribution is 2.23. The minimum atomic E-state index is 1.17. The third-order valence-electron chi connectivity index (χ3n) is 2.65. The Morgan fingerprint density at radius 2 is 1.44 bits per heavy atom. The number of aromatic nitrogens is 2. The molecule has 2 aromatic heterocycles. The maximum absolute atomic E-state index is 4.11. The van der Waals surface area contributed by atoms with E-state index in [0.29, 0.717) is 0 Å². The fraction of sp³-hybridized carbons (Fsp3) is 0. The number of fused-ring (bicyclic) bond motifs is 1. The molecule has 0 unspecified atom stereocenters. The standard InChI is InChI=1S/C14H10N2/c1-2-14-10-16-8-5-13(14)9-12(1)11-3-6-15-7-4-11/h1-10H. The van der Waals surface area contributed by atoms with Crippen LogP contribution in [0.1, 0.15) is 0 Å². The average molecular weight is 206 g/mol. The summed E-state index contributed by atoms with van der Waals surface area (Å²) < 4.78 is 0. The van der Waals surface area contributed by atoms with Crippen LogP contribution in [0.3, 0.4) is 0 Å². The second-order valence-corrected chi connectivity index (χ2v) is 3.67. The minimum absolute atomic E-state index is 1.17. The molecule has 0 saturated heterocycles. The van der Waals surface area contributed by atoms with Crippen LogP contribution in [0, 0.1) is 0 Å². The van der Waals surface area contributed by atoms with Gasteiger partial charge in [-0.15, -0.1) is 0 Å². The van der Waals surface area contributed by atoms with Crippen molar-refractivity contribution in [1.29, 1.82) is 0 Å². The van der Waals surface area contributed by atoms with Crippen molar-refractivity contribution in [3.05, 3.63) is 61.2 Å². The van der Waals surface area contributed by atoms with Crippen LogP contribution in [0.25, 0.3) is 21.9 Å². The highest BCUT2D eigenvalue weighted by molar-refractivity contribution is 5.86. The lowest BCUT2D eigenvalue weighted by Crippen LogP contribution is -1.80. The first-order valence-electron chi connectivity index (χ1n) is 5.18. The van der Waals surface area contributed by atoms with E-state index < -0.39 is 0 Å². The van der Waals surface area contributed by atoms with Crippen molar-refractivity contribution in [3.8, 4) is 11.1 Å². The number of hydrogen-bond donors (Lipinski definition) is 0. The van der Waals surface area contributed by atoms with Crippen LogP contribution in [0.5, 0.6) is 0 Å². The van der Waals surface area contributed by atoms with Gasteiger partial charge in [0, 0.05) is 30.2 Å². The minimum Gasteiger partial charge on any atom is -0.265 e. The summed E-state index contributed by atoms with van der Waals surface area (Å²) in [5, 5.41) is 2.38. The Morgan fingerprint density at radius 1 is 0.625 bits per heavy atom. The quantitative estimate of drug-likeness (QED) is 0.610. The molecule has 3 rings (SSSR count). The van der Waals surface area contributed by atoms with Crippen LogP contribution in [0.15, 0.2) is 61.2 Å². The van der Waals surface area contributed by atoms with E-state index in [2.05, 4.69) is 28.2 Å². The molecule has 3 aromatic rings. The van der Waals surface area contributed by atoms with E-state index in [0.717, 1.165) is 0 Å². The first kappa shape index (κ1) is 9.04. The lowest BCUT2D eigenvalue weighted by atomic mass is 10.0. The second-order valence-electron chi connectivity index (χ2n) is 3.67. The zero-order chi connectivity index (χ0) is 10.8. The van der Waals surface area contributed by atoms with Crippen LogP contribution in [-0.4, -0.2) is 9.97 Å².